The maximum absolute atomic E-state index is 13.7. The summed E-state index contributed by atoms with van der Waals surface area (Å²) in [5.41, 5.74) is 1.61. The van der Waals surface area contributed by atoms with E-state index in [1.807, 2.05) is 19.2 Å². The van der Waals surface area contributed by atoms with Gasteiger partial charge in [-0.2, -0.15) is 11.8 Å². The van der Waals surface area contributed by atoms with E-state index in [0.29, 0.717) is 28.6 Å². The zero-order valence-corrected chi connectivity index (χ0v) is 20.7. The zero-order chi connectivity index (χ0) is 23.8. The molecule has 0 bridgehead atoms. The number of carbonyl (C=O) groups is 2. The van der Waals surface area contributed by atoms with Crippen LogP contribution in [0.1, 0.15) is 24.0 Å². The van der Waals surface area contributed by atoms with Crippen LogP contribution in [0.15, 0.2) is 30.3 Å². The Labute approximate surface area is 202 Å². The van der Waals surface area contributed by atoms with Gasteiger partial charge in [0, 0.05) is 28.4 Å². The van der Waals surface area contributed by atoms with Crippen molar-refractivity contribution in [2.45, 2.75) is 31.3 Å². The third-order valence-electron chi connectivity index (χ3n) is 6.45. The van der Waals surface area contributed by atoms with E-state index in [0.717, 1.165) is 29.0 Å². The number of rotatable bonds is 7. The van der Waals surface area contributed by atoms with E-state index in [1.54, 1.807) is 50.2 Å². The third kappa shape index (κ3) is 4.16. The molecular weight excluding hydrogens is 462 g/mol. The van der Waals surface area contributed by atoms with Crippen LogP contribution in [0.3, 0.4) is 0 Å². The fourth-order valence-corrected chi connectivity index (χ4v) is 5.66. The Hall–Kier alpha value is -2.42. The van der Waals surface area contributed by atoms with E-state index >= 15 is 0 Å². The number of nitrogens with one attached hydrogen (secondary N) is 3. The molecule has 0 unspecified atom stereocenters. The average molecular weight is 490 g/mol. The number of methoxy groups -OCH3 is 2. The van der Waals surface area contributed by atoms with Gasteiger partial charge in [-0.15, -0.1) is 0 Å². The molecule has 2 aliphatic heterocycles. The van der Waals surface area contributed by atoms with Crippen molar-refractivity contribution in [3.63, 3.8) is 0 Å². The van der Waals surface area contributed by atoms with Gasteiger partial charge >= 0.3 is 0 Å². The SMILES string of the molecule is COc1ccc(OC)c(NC(=O)[C@H]2C[C@H](CCSC)N[C@]23C(=O)Nc2c(C)cc(Cl)cc23)c1. The predicted octanol–water partition coefficient (Wildman–Crippen LogP) is 4.18. The number of hydrogen-bond donors (Lipinski definition) is 3. The third-order valence-corrected chi connectivity index (χ3v) is 7.31. The molecule has 2 amide bonds. The quantitative estimate of drug-likeness (QED) is 0.540. The molecule has 3 atom stereocenters. The van der Waals surface area contributed by atoms with Crippen LogP contribution in [0, 0.1) is 12.8 Å². The minimum atomic E-state index is -1.19. The van der Waals surface area contributed by atoms with Crippen molar-refractivity contribution in [2.75, 3.05) is 36.9 Å². The van der Waals surface area contributed by atoms with Gasteiger partial charge < -0.3 is 20.1 Å². The summed E-state index contributed by atoms with van der Waals surface area (Å²) < 4.78 is 10.7. The molecule has 2 aliphatic rings. The standard InChI is InChI=1S/C24H28ClN3O4S/c1-13-9-14(25)10-17-21(13)27-23(30)24(17)18(11-15(28-24)7-8-33-4)22(29)26-19-12-16(31-2)5-6-20(19)32-3/h5-6,9-10,12,15,18,28H,7-8,11H2,1-4H3,(H,26,29)(H,27,30)/t15-,18+,24-/m0/s1. The highest BCUT2D eigenvalue weighted by Gasteiger charge is 2.60. The van der Waals surface area contributed by atoms with Gasteiger partial charge in [-0.25, -0.2) is 0 Å². The Morgan fingerprint density at radius 1 is 1.27 bits per heavy atom. The number of aryl methyl sites for hydroxylation is 1. The van der Waals surface area contributed by atoms with Crippen molar-refractivity contribution in [2.24, 2.45) is 5.92 Å². The first-order chi connectivity index (χ1) is 15.8. The summed E-state index contributed by atoms with van der Waals surface area (Å²) >= 11 is 8.13. The summed E-state index contributed by atoms with van der Waals surface area (Å²) in [5.74, 6) is 0.898. The number of fused-ring (bicyclic) bond motifs is 2. The summed E-state index contributed by atoms with van der Waals surface area (Å²) in [6.45, 7) is 1.90. The summed E-state index contributed by atoms with van der Waals surface area (Å²) in [4.78, 5) is 27.2. The molecule has 33 heavy (non-hydrogen) atoms. The summed E-state index contributed by atoms with van der Waals surface area (Å²) in [5, 5.41) is 10.0. The molecule has 4 rings (SSSR count). The fourth-order valence-electron chi connectivity index (χ4n) is 4.87. The highest BCUT2D eigenvalue weighted by atomic mass is 35.5. The van der Waals surface area contributed by atoms with E-state index < -0.39 is 11.5 Å². The van der Waals surface area contributed by atoms with Gasteiger partial charge in [0.05, 0.1) is 25.8 Å². The van der Waals surface area contributed by atoms with Crippen LogP contribution in [-0.2, 0) is 15.1 Å². The minimum Gasteiger partial charge on any atom is -0.497 e. The van der Waals surface area contributed by atoms with E-state index in [2.05, 4.69) is 16.0 Å². The number of carbonyl (C=O) groups excluding carboxylic acids is 2. The van der Waals surface area contributed by atoms with Crippen molar-refractivity contribution >= 4 is 46.6 Å². The van der Waals surface area contributed by atoms with Crippen molar-refractivity contribution in [3.05, 3.63) is 46.5 Å². The number of anilines is 2. The van der Waals surface area contributed by atoms with Crippen LogP contribution in [-0.4, -0.2) is 44.1 Å². The lowest BCUT2D eigenvalue weighted by molar-refractivity contribution is -0.130. The fraction of sp³-hybridized carbons (Fsp3) is 0.417. The first-order valence-electron chi connectivity index (χ1n) is 10.8. The largest absolute Gasteiger partial charge is 0.497 e. The molecule has 0 radical (unpaired) electrons. The lowest BCUT2D eigenvalue weighted by Crippen LogP contribution is -2.52. The highest BCUT2D eigenvalue weighted by molar-refractivity contribution is 7.98. The number of thioether (sulfide) groups is 1. The number of amides is 2. The van der Waals surface area contributed by atoms with Gasteiger partial charge in [-0.05, 0) is 61.6 Å². The van der Waals surface area contributed by atoms with Crippen molar-refractivity contribution < 1.29 is 19.1 Å². The van der Waals surface area contributed by atoms with E-state index in [1.165, 1.54) is 0 Å². The van der Waals surface area contributed by atoms with Crippen molar-refractivity contribution in [1.82, 2.24) is 5.32 Å². The summed E-state index contributed by atoms with van der Waals surface area (Å²) in [6.07, 6.45) is 3.42. The van der Waals surface area contributed by atoms with Crippen LogP contribution in [0.25, 0.3) is 0 Å². The van der Waals surface area contributed by atoms with Crippen LogP contribution < -0.4 is 25.4 Å². The maximum atomic E-state index is 13.7. The van der Waals surface area contributed by atoms with E-state index in [4.69, 9.17) is 21.1 Å². The second-order valence-electron chi connectivity index (χ2n) is 8.37. The monoisotopic (exact) mass is 489 g/mol. The van der Waals surface area contributed by atoms with Gasteiger partial charge in [0.25, 0.3) is 0 Å². The zero-order valence-electron chi connectivity index (χ0n) is 19.1. The Morgan fingerprint density at radius 2 is 2.06 bits per heavy atom. The van der Waals surface area contributed by atoms with Crippen LogP contribution in [0.5, 0.6) is 11.5 Å². The maximum Gasteiger partial charge on any atom is 0.250 e. The normalized spacial score (nSPS) is 23.4. The van der Waals surface area contributed by atoms with Gasteiger partial charge in [-0.3, -0.25) is 14.9 Å². The molecule has 0 aliphatic carbocycles. The minimum absolute atomic E-state index is 0.0105. The van der Waals surface area contributed by atoms with Gasteiger partial charge in [0.2, 0.25) is 11.8 Å². The highest BCUT2D eigenvalue weighted by Crippen LogP contribution is 2.49. The van der Waals surface area contributed by atoms with Crippen LogP contribution in [0.2, 0.25) is 5.02 Å². The lowest BCUT2D eigenvalue weighted by Gasteiger charge is -2.29. The smallest absolute Gasteiger partial charge is 0.250 e. The molecule has 3 N–H and O–H groups in total. The Kier molecular flexibility index (Phi) is 6.79. The summed E-state index contributed by atoms with van der Waals surface area (Å²) in [6, 6.07) is 8.82. The number of ether oxygens (including phenoxy) is 2. The Balaban J connectivity index is 1.75. The van der Waals surface area contributed by atoms with Gasteiger partial charge in [0.1, 0.15) is 17.0 Å². The molecular formula is C24H28ClN3O4S. The second kappa shape index (κ2) is 9.44. The predicted molar refractivity (Wildman–Crippen MR) is 133 cm³/mol. The molecule has 9 heteroatoms. The number of hydrogen-bond acceptors (Lipinski definition) is 6. The van der Waals surface area contributed by atoms with Gasteiger partial charge in [-0.1, -0.05) is 11.6 Å². The lowest BCUT2D eigenvalue weighted by atomic mass is 9.79. The molecule has 2 aromatic rings. The van der Waals surface area contributed by atoms with E-state index in [9.17, 15) is 9.59 Å². The molecule has 2 aromatic carbocycles. The first-order valence-corrected chi connectivity index (χ1v) is 12.5. The molecule has 176 valence electrons. The van der Waals surface area contributed by atoms with Crippen molar-refractivity contribution in [1.29, 1.82) is 0 Å². The Bertz CT molecular complexity index is 1100. The number of halogens is 1. The van der Waals surface area contributed by atoms with Crippen molar-refractivity contribution in [3.8, 4) is 11.5 Å². The molecule has 1 spiro atoms. The Morgan fingerprint density at radius 3 is 2.76 bits per heavy atom. The molecule has 0 aromatic heterocycles. The van der Waals surface area contributed by atoms with E-state index in [-0.39, 0.29) is 17.9 Å². The molecule has 1 fully saturated rings. The topological polar surface area (TPSA) is 88.7 Å². The molecule has 1 saturated heterocycles. The molecule has 7 nitrogen and oxygen atoms in total. The first kappa shape index (κ1) is 23.7. The van der Waals surface area contributed by atoms with Crippen LogP contribution in [0.4, 0.5) is 11.4 Å². The molecule has 0 saturated carbocycles. The second-order valence-corrected chi connectivity index (χ2v) is 9.80. The molecule has 2 heterocycles. The summed E-state index contributed by atoms with van der Waals surface area (Å²) in [7, 11) is 3.10. The van der Waals surface area contributed by atoms with Crippen LogP contribution >= 0.6 is 23.4 Å². The van der Waals surface area contributed by atoms with Gasteiger partial charge in [0.15, 0.2) is 0 Å². The number of benzene rings is 2. The average Bonchev–Trinajstić information content (AvgIpc) is 3.32.